The smallest absolute Gasteiger partial charge is 0.145 e. The van der Waals surface area contributed by atoms with Crippen molar-refractivity contribution in [1.29, 1.82) is 0 Å². The molecule has 0 aliphatic rings. The van der Waals surface area contributed by atoms with Crippen LogP contribution in [0.2, 0.25) is 0 Å². The van der Waals surface area contributed by atoms with Crippen LogP contribution in [0.15, 0.2) is 18.6 Å². The van der Waals surface area contributed by atoms with Crippen molar-refractivity contribution in [3.63, 3.8) is 0 Å². The standard InChI is InChI=1S/C16H26N4/c1-3-5-6-7-8-9-13(4-2)20-11-10-14-15(17)18-12-19-16(14)20/h10-13H,3-9H2,1-2H3,(H2,17,18,19). The topological polar surface area (TPSA) is 56.7 Å². The van der Waals surface area contributed by atoms with Crippen LogP contribution in [0, 0.1) is 0 Å². The first kappa shape index (κ1) is 14.8. The first-order valence-electron chi connectivity index (χ1n) is 7.85. The third kappa shape index (κ3) is 3.30. The van der Waals surface area contributed by atoms with E-state index in [1.807, 2.05) is 6.07 Å². The Labute approximate surface area is 121 Å². The maximum Gasteiger partial charge on any atom is 0.145 e. The average Bonchev–Trinajstić information content (AvgIpc) is 2.88. The summed E-state index contributed by atoms with van der Waals surface area (Å²) in [6.07, 6.45) is 12.6. The number of aromatic nitrogens is 3. The van der Waals surface area contributed by atoms with E-state index in [0.29, 0.717) is 11.9 Å². The normalized spacial score (nSPS) is 12.9. The highest BCUT2D eigenvalue weighted by molar-refractivity contribution is 5.86. The summed E-state index contributed by atoms with van der Waals surface area (Å²) in [4.78, 5) is 8.46. The average molecular weight is 274 g/mol. The summed E-state index contributed by atoms with van der Waals surface area (Å²) in [5.74, 6) is 0.576. The number of hydrogen-bond acceptors (Lipinski definition) is 3. The number of nitrogen functional groups attached to an aromatic ring is 1. The zero-order valence-corrected chi connectivity index (χ0v) is 12.7. The summed E-state index contributed by atoms with van der Waals surface area (Å²) in [6, 6.07) is 2.55. The molecule has 0 saturated carbocycles. The van der Waals surface area contributed by atoms with Crippen molar-refractivity contribution in [2.24, 2.45) is 0 Å². The molecule has 0 radical (unpaired) electrons. The van der Waals surface area contributed by atoms with Crippen LogP contribution in [-0.2, 0) is 0 Å². The van der Waals surface area contributed by atoms with Gasteiger partial charge in [0.05, 0.1) is 5.39 Å². The van der Waals surface area contributed by atoms with Gasteiger partial charge < -0.3 is 10.3 Å². The minimum Gasteiger partial charge on any atom is -0.383 e. The van der Waals surface area contributed by atoms with E-state index in [-0.39, 0.29) is 0 Å². The molecule has 2 heterocycles. The van der Waals surface area contributed by atoms with Crippen LogP contribution >= 0.6 is 0 Å². The van der Waals surface area contributed by atoms with Crippen LogP contribution in [0.3, 0.4) is 0 Å². The van der Waals surface area contributed by atoms with Crippen molar-refractivity contribution < 1.29 is 0 Å². The van der Waals surface area contributed by atoms with E-state index in [4.69, 9.17) is 5.73 Å². The summed E-state index contributed by atoms with van der Waals surface area (Å²) in [5, 5.41) is 0.969. The molecule has 0 saturated heterocycles. The van der Waals surface area contributed by atoms with E-state index < -0.39 is 0 Å². The van der Waals surface area contributed by atoms with Gasteiger partial charge in [0, 0.05) is 12.2 Å². The molecule has 0 aliphatic carbocycles. The second-order valence-electron chi connectivity index (χ2n) is 5.48. The Bertz CT molecular complexity index is 532. The molecule has 0 amide bonds. The molecule has 0 fully saturated rings. The molecule has 4 heteroatoms. The fraction of sp³-hybridized carbons (Fsp3) is 0.625. The zero-order chi connectivity index (χ0) is 14.4. The van der Waals surface area contributed by atoms with Crippen molar-refractivity contribution in [2.45, 2.75) is 64.8 Å². The Morgan fingerprint density at radius 1 is 1.15 bits per heavy atom. The lowest BCUT2D eigenvalue weighted by atomic mass is 10.0. The molecule has 4 nitrogen and oxygen atoms in total. The molecule has 2 aromatic heterocycles. The van der Waals surface area contributed by atoms with E-state index in [9.17, 15) is 0 Å². The van der Waals surface area contributed by atoms with Crippen LogP contribution in [0.4, 0.5) is 5.82 Å². The third-order valence-corrected chi connectivity index (χ3v) is 4.05. The second kappa shape index (κ2) is 7.27. The SMILES string of the molecule is CCCCCCCC(CC)n1ccc2c(N)ncnc21. The molecule has 1 unspecified atom stereocenters. The fourth-order valence-electron chi connectivity index (χ4n) is 2.81. The Balaban J connectivity index is 2.04. The van der Waals surface area contributed by atoms with Crippen LogP contribution in [0.1, 0.15) is 64.8 Å². The maximum absolute atomic E-state index is 5.90. The fourth-order valence-corrected chi connectivity index (χ4v) is 2.81. The lowest BCUT2D eigenvalue weighted by molar-refractivity contribution is 0.435. The van der Waals surface area contributed by atoms with E-state index in [1.165, 1.54) is 38.5 Å². The Morgan fingerprint density at radius 2 is 1.95 bits per heavy atom. The van der Waals surface area contributed by atoms with Gasteiger partial charge >= 0.3 is 0 Å². The highest BCUT2D eigenvalue weighted by Gasteiger charge is 2.13. The number of rotatable bonds is 8. The van der Waals surface area contributed by atoms with Gasteiger partial charge in [-0.05, 0) is 18.9 Å². The maximum atomic E-state index is 5.90. The first-order valence-corrected chi connectivity index (χ1v) is 7.85. The summed E-state index contributed by atoms with van der Waals surface area (Å²) in [5.41, 5.74) is 6.87. The summed E-state index contributed by atoms with van der Waals surface area (Å²) in [7, 11) is 0. The van der Waals surface area contributed by atoms with Crippen molar-refractivity contribution >= 4 is 16.9 Å². The van der Waals surface area contributed by atoms with Crippen molar-refractivity contribution in [2.75, 3.05) is 5.73 Å². The number of fused-ring (bicyclic) bond motifs is 1. The predicted octanol–water partition coefficient (Wildman–Crippen LogP) is 4.33. The van der Waals surface area contributed by atoms with Crippen LogP contribution in [0.25, 0.3) is 11.0 Å². The monoisotopic (exact) mass is 274 g/mol. The van der Waals surface area contributed by atoms with Crippen LogP contribution in [0.5, 0.6) is 0 Å². The molecule has 110 valence electrons. The summed E-state index contributed by atoms with van der Waals surface area (Å²) >= 11 is 0. The number of unbranched alkanes of at least 4 members (excludes halogenated alkanes) is 4. The Kier molecular flexibility index (Phi) is 5.39. The molecule has 2 aromatic rings. The van der Waals surface area contributed by atoms with Crippen LogP contribution in [-0.4, -0.2) is 14.5 Å². The molecule has 20 heavy (non-hydrogen) atoms. The van der Waals surface area contributed by atoms with Gasteiger partial charge in [-0.1, -0.05) is 46.0 Å². The van der Waals surface area contributed by atoms with E-state index in [0.717, 1.165) is 17.5 Å². The largest absolute Gasteiger partial charge is 0.383 e. The molecule has 2 N–H and O–H groups in total. The first-order chi connectivity index (χ1) is 9.77. The van der Waals surface area contributed by atoms with Gasteiger partial charge in [-0.25, -0.2) is 9.97 Å². The lowest BCUT2D eigenvalue weighted by Crippen LogP contribution is -2.08. The Hall–Kier alpha value is -1.58. The van der Waals surface area contributed by atoms with E-state index >= 15 is 0 Å². The van der Waals surface area contributed by atoms with Gasteiger partial charge in [0.1, 0.15) is 17.8 Å². The zero-order valence-electron chi connectivity index (χ0n) is 12.7. The molecule has 0 bridgehead atoms. The molecule has 0 aliphatic heterocycles. The van der Waals surface area contributed by atoms with E-state index in [1.54, 1.807) is 6.33 Å². The van der Waals surface area contributed by atoms with Gasteiger partial charge in [0.15, 0.2) is 0 Å². The highest BCUT2D eigenvalue weighted by atomic mass is 15.1. The molecular formula is C16H26N4. The number of nitrogens with two attached hydrogens (primary N) is 1. The quantitative estimate of drug-likeness (QED) is 0.729. The lowest BCUT2D eigenvalue weighted by Gasteiger charge is -2.18. The van der Waals surface area contributed by atoms with Gasteiger partial charge in [0.25, 0.3) is 0 Å². The molecular weight excluding hydrogens is 248 g/mol. The summed E-state index contributed by atoms with van der Waals surface area (Å²) < 4.78 is 2.27. The summed E-state index contributed by atoms with van der Waals surface area (Å²) in [6.45, 7) is 4.50. The van der Waals surface area contributed by atoms with Gasteiger partial charge in [0.2, 0.25) is 0 Å². The Morgan fingerprint density at radius 3 is 2.70 bits per heavy atom. The van der Waals surface area contributed by atoms with Gasteiger partial charge in [-0.3, -0.25) is 0 Å². The minimum absolute atomic E-state index is 0.517. The predicted molar refractivity (Wildman–Crippen MR) is 84.6 cm³/mol. The number of hydrogen-bond donors (Lipinski definition) is 1. The van der Waals surface area contributed by atoms with Gasteiger partial charge in [-0.15, -0.1) is 0 Å². The number of nitrogens with zero attached hydrogens (tertiary/aromatic N) is 3. The van der Waals surface area contributed by atoms with E-state index in [2.05, 4.69) is 34.6 Å². The molecule has 1 atom stereocenters. The third-order valence-electron chi connectivity index (χ3n) is 4.05. The van der Waals surface area contributed by atoms with Crippen LogP contribution < -0.4 is 5.73 Å². The van der Waals surface area contributed by atoms with Crippen molar-refractivity contribution in [3.05, 3.63) is 18.6 Å². The van der Waals surface area contributed by atoms with Crippen molar-refractivity contribution in [3.8, 4) is 0 Å². The molecule has 0 aromatic carbocycles. The number of anilines is 1. The second-order valence-corrected chi connectivity index (χ2v) is 5.48. The molecule has 0 spiro atoms. The molecule has 2 rings (SSSR count). The van der Waals surface area contributed by atoms with Gasteiger partial charge in [-0.2, -0.15) is 0 Å². The highest BCUT2D eigenvalue weighted by Crippen LogP contribution is 2.26. The minimum atomic E-state index is 0.517. The van der Waals surface area contributed by atoms with Crippen molar-refractivity contribution in [1.82, 2.24) is 14.5 Å².